The maximum absolute atomic E-state index is 10.4. The number of benzene rings is 1. The van der Waals surface area contributed by atoms with Gasteiger partial charge in [0.15, 0.2) is 0 Å². The summed E-state index contributed by atoms with van der Waals surface area (Å²) < 4.78 is 0. The van der Waals surface area contributed by atoms with Crippen LogP contribution in [0.15, 0.2) is 35.2 Å². The summed E-state index contributed by atoms with van der Waals surface area (Å²) in [6, 6.07) is 11.1. The molecule has 4 atom stereocenters. The van der Waals surface area contributed by atoms with E-state index >= 15 is 0 Å². The monoisotopic (exact) mass is 291 g/mol. The van der Waals surface area contributed by atoms with Crippen molar-refractivity contribution >= 4 is 11.8 Å². The third-order valence-corrected chi connectivity index (χ3v) is 6.93. The second-order valence-corrected chi connectivity index (χ2v) is 7.60. The quantitative estimate of drug-likeness (QED) is 0.923. The van der Waals surface area contributed by atoms with Crippen molar-refractivity contribution in [2.24, 2.45) is 5.41 Å². The first kappa shape index (κ1) is 14.4. The molecule has 2 fully saturated rings. The lowest BCUT2D eigenvalue weighted by molar-refractivity contribution is -0.00181. The van der Waals surface area contributed by atoms with Crippen LogP contribution in [0.5, 0.6) is 0 Å². The van der Waals surface area contributed by atoms with Crippen LogP contribution < -0.4 is 0 Å². The highest BCUT2D eigenvalue weighted by molar-refractivity contribution is 8.00. The number of piperidine rings is 1. The first-order valence-electron chi connectivity index (χ1n) is 7.77. The summed E-state index contributed by atoms with van der Waals surface area (Å²) in [6.07, 6.45) is 4.40. The summed E-state index contributed by atoms with van der Waals surface area (Å²) >= 11 is 2.03. The third kappa shape index (κ3) is 2.30. The molecule has 3 heteroatoms. The molecular formula is C17H25NOS. The highest BCUT2D eigenvalue weighted by Crippen LogP contribution is 2.54. The zero-order chi connectivity index (χ0) is 14.2. The van der Waals surface area contributed by atoms with E-state index in [1.165, 1.54) is 24.2 Å². The number of hydrogen-bond acceptors (Lipinski definition) is 3. The normalized spacial score (nSPS) is 37.9. The Morgan fingerprint density at radius 3 is 2.75 bits per heavy atom. The average molecular weight is 291 g/mol. The minimum Gasteiger partial charge on any atom is -0.391 e. The lowest BCUT2D eigenvalue weighted by Gasteiger charge is -2.50. The third-order valence-electron chi connectivity index (χ3n) is 5.40. The van der Waals surface area contributed by atoms with Gasteiger partial charge in [0.1, 0.15) is 0 Å². The number of hydrogen-bond donors (Lipinski definition) is 1. The molecule has 0 radical (unpaired) electrons. The lowest BCUT2D eigenvalue weighted by Crippen LogP contribution is -2.57. The van der Waals surface area contributed by atoms with Crippen molar-refractivity contribution in [3.05, 3.63) is 30.3 Å². The standard InChI is InChI=1S/C17H25NOS/c1-3-17-11-9-14(19)16(17)18(2)12-10-15(17)20-13-7-5-4-6-8-13/h4-8,14-16,19H,3,9-12H2,1-2H3/t14-,15+,16+,17-/m1/s1. The van der Waals surface area contributed by atoms with Gasteiger partial charge in [-0.3, -0.25) is 0 Å². The van der Waals surface area contributed by atoms with Crippen LogP contribution in [0.2, 0.25) is 0 Å². The first-order valence-corrected chi connectivity index (χ1v) is 8.65. The van der Waals surface area contributed by atoms with Gasteiger partial charge in [-0.1, -0.05) is 25.1 Å². The van der Waals surface area contributed by atoms with E-state index in [1.54, 1.807) is 0 Å². The van der Waals surface area contributed by atoms with Crippen molar-refractivity contribution < 1.29 is 5.11 Å². The Morgan fingerprint density at radius 2 is 2.05 bits per heavy atom. The summed E-state index contributed by atoms with van der Waals surface area (Å²) in [5, 5.41) is 11.1. The molecule has 2 aliphatic rings. The molecule has 1 aliphatic heterocycles. The van der Waals surface area contributed by atoms with E-state index < -0.39 is 0 Å². The van der Waals surface area contributed by atoms with Gasteiger partial charge in [-0.25, -0.2) is 0 Å². The Labute approximate surface area is 126 Å². The van der Waals surface area contributed by atoms with E-state index in [0.717, 1.165) is 13.0 Å². The molecule has 0 bridgehead atoms. The van der Waals surface area contributed by atoms with Crippen molar-refractivity contribution in [3.63, 3.8) is 0 Å². The smallest absolute Gasteiger partial charge is 0.0701 e. The van der Waals surface area contributed by atoms with Crippen LogP contribution in [0.3, 0.4) is 0 Å². The Kier molecular flexibility index (Phi) is 4.11. The SMILES string of the molecule is CC[C@]12CC[C@@H](O)[C@@H]1N(C)CC[C@@H]2Sc1ccccc1. The summed E-state index contributed by atoms with van der Waals surface area (Å²) in [5.41, 5.74) is 0.285. The number of fused-ring (bicyclic) bond motifs is 1. The number of aliphatic hydroxyl groups is 1. The van der Waals surface area contributed by atoms with Crippen molar-refractivity contribution in [1.82, 2.24) is 4.90 Å². The molecule has 1 N–H and O–H groups in total. The highest BCUT2D eigenvalue weighted by Gasteiger charge is 2.55. The number of likely N-dealkylation sites (tertiary alicyclic amines) is 1. The minimum absolute atomic E-state index is 0.140. The summed E-state index contributed by atoms with van der Waals surface area (Å²) in [4.78, 5) is 3.78. The Morgan fingerprint density at radius 1 is 1.30 bits per heavy atom. The highest BCUT2D eigenvalue weighted by atomic mass is 32.2. The molecule has 0 aromatic heterocycles. The molecule has 1 saturated heterocycles. The molecule has 20 heavy (non-hydrogen) atoms. The number of nitrogens with zero attached hydrogens (tertiary/aromatic N) is 1. The van der Waals surface area contributed by atoms with Gasteiger partial charge in [0.2, 0.25) is 0 Å². The molecule has 0 unspecified atom stereocenters. The maximum atomic E-state index is 10.4. The molecular weight excluding hydrogens is 266 g/mol. The second-order valence-electron chi connectivity index (χ2n) is 6.33. The zero-order valence-electron chi connectivity index (χ0n) is 12.5. The van der Waals surface area contributed by atoms with Crippen LogP contribution in [0.4, 0.5) is 0 Å². The fourth-order valence-electron chi connectivity index (χ4n) is 4.39. The van der Waals surface area contributed by atoms with Crippen molar-refractivity contribution in [2.45, 2.75) is 54.9 Å². The molecule has 1 aliphatic carbocycles. The van der Waals surface area contributed by atoms with E-state index in [4.69, 9.17) is 0 Å². The van der Waals surface area contributed by atoms with Crippen LogP contribution in [0.25, 0.3) is 0 Å². The summed E-state index contributed by atoms with van der Waals surface area (Å²) in [5.74, 6) is 0. The lowest BCUT2D eigenvalue weighted by atomic mass is 9.72. The van der Waals surface area contributed by atoms with Gasteiger partial charge in [-0.05, 0) is 51.4 Å². The van der Waals surface area contributed by atoms with E-state index in [2.05, 4.69) is 49.2 Å². The van der Waals surface area contributed by atoms with Crippen LogP contribution >= 0.6 is 11.8 Å². The molecule has 1 saturated carbocycles. The minimum atomic E-state index is -0.140. The van der Waals surface area contributed by atoms with Gasteiger partial charge < -0.3 is 10.0 Å². The topological polar surface area (TPSA) is 23.5 Å². The fraction of sp³-hybridized carbons (Fsp3) is 0.647. The van der Waals surface area contributed by atoms with Crippen LogP contribution in [-0.4, -0.2) is 41.0 Å². The number of likely N-dealkylation sites (N-methyl/N-ethyl adjacent to an activating group) is 1. The average Bonchev–Trinajstić information content (AvgIpc) is 2.83. The van der Waals surface area contributed by atoms with Crippen molar-refractivity contribution in [3.8, 4) is 0 Å². The Hall–Kier alpha value is -0.510. The molecule has 1 aromatic carbocycles. The molecule has 0 spiro atoms. The van der Waals surface area contributed by atoms with E-state index in [1.807, 2.05) is 11.8 Å². The van der Waals surface area contributed by atoms with E-state index in [0.29, 0.717) is 11.3 Å². The van der Waals surface area contributed by atoms with Crippen LogP contribution in [-0.2, 0) is 0 Å². The number of rotatable bonds is 3. The van der Waals surface area contributed by atoms with Crippen LogP contribution in [0.1, 0.15) is 32.6 Å². The molecule has 0 amide bonds. The number of thioether (sulfide) groups is 1. The maximum Gasteiger partial charge on any atom is 0.0701 e. The predicted molar refractivity (Wildman–Crippen MR) is 85.1 cm³/mol. The Balaban J connectivity index is 1.87. The molecule has 3 rings (SSSR count). The van der Waals surface area contributed by atoms with Gasteiger partial charge >= 0.3 is 0 Å². The predicted octanol–water partition coefficient (Wildman–Crippen LogP) is 3.40. The molecule has 110 valence electrons. The van der Waals surface area contributed by atoms with E-state index in [9.17, 15) is 5.11 Å². The zero-order valence-corrected chi connectivity index (χ0v) is 13.3. The van der Waals surface area contributed by atoms with Gasteiger partial charge in [0, 0.05) is 21.6 Å². The summed E-state index contributed by atoms with van der Waals surface area (Å²) in [7, 11) is 2.19. The molecule has 2 nitrogen and oxygen atoms in total. The summed E-state index contributed by atoms with van der Waals surface area (Å²) in [6.45, 7) is 3.41. The van der Waals surface area contributed by atoms with Gasteiger partial charge in [-0.15, -0.1) is 11.8 Å². The number of aliphatic hydroxyl groups excluding tert-OH is 1. The largest absolute Gasteiger partial charge is 0.391 e. The molecule has 1 heterocycles. The molecule has 1 aromatic rings. The first-order chi connectivity index (χ1) is 9.67. The van der Waals surface area contributed by atoms with Crippen LogP contribution in [0, 0.1) is 5.41 Å². The van der Waals surface area contributed by atoms with Crippen molar-refractivity contribution in [1.29, 1.82) is 0 Å². The van der Waals surface area contributed by atoms with Gasteiger partial charge in [0.05, 0.1) is 6.10 Å². The second kappa shape index (κ2) is 5.70. The van der Waals surface area contributed by atoms with Gasteiger partial charge in [0.25, 0.3) is 0 Å². The Bertz CT molecular complexity index is 452. The van der Waals surface area contributed by atoms with E-state index in [-0.39, 0.29) is 11.5 Å². The van der Waals surface area contributed by atoms with Crippen molar-refractivity contribution in [2.75, 3.05) is 13.6 Å². The van der Waals surface area contributed by atoms with Gasteiger partial charge in [-0.2, -0.15) is 0 Å². The fourth-order valence-corrected chi connectivity index (χ4v) is 5.91.